The van der Waals surface area contributed by atoms with Gasteiger partial charge in [-0.3, -0.25) is 10.3 Å². The summed E-state index contributed by atoms with van der Waals surface area (Å²) in [6.07, 6.45) is 5.60. The molecular formula is C25H32N8O2. The van der Waals surface area contributed by atoms with Crippen molar-refractivity contribution < 1.29 is 9.47 Å². The number of nitrogens with one attached hydrogen (secondary N) is 3. The molecule has 1 aliphatic carbocycles. The Morgan fingerprint density at radius 1 is 1.26 bits per heavy atom. The zero-order valence-electron chi connectivity index (χ0n) is 20.3. The third-order valence-electron chi connectivity index (χ3n) is 6.15. The fourth-order valence-electron chi connectivity index (χ4n) is 4.23. The number of aliphatic imine (C=N–C) groups is 1. The van der Waals surface area contributed by atoms with Crippen molar-refractivity contribution >= 4 is 34.2 Å². The molecule has 3 aromatic heterocycles. The first-order valence-corrected chi connectivity index (χ1v) is 12.0. The molecule has 0 spiro atoms. The number of nitrogens with zero attached hydrogens (tertiary/aromatic N) is 5. The molecule has 0 amide bonds. The summed E-state index contributed by atoms with van der Waals surface area (Å²) in [5.74, 6) is 1.40. The van der Waals surface area contributed by atoms with Crippen molar-refractivity contribution in [2.24, 2.45) is 4.99 Å². The van der Waals surface area contributed by atoms with Gasteiger partial charge in [0, 0.05) is 56.8 Å². The highest BCUT2D eigenvalue weighted by Gasteiger charge is 2.25. The van der Waals surface area contributed by atoms with E-state index in [9.17, 15) is 0 Å². The molecule has 3 N–H and O–H groups in total. The van der Waals surface area contributed by atoms with Gasteiger partial charge in [-0.15, -0.1) is 5.10 Å². The number of hydrogen-bond acceptors (Lipinski definition) is 8. The van der Waals surface area contributed by atoms with E-state index in [1.165, 1.54) is 0 Å². The van der Waals surface area contributed by atoms with Gasteiger partial charge in [-0.2, -0.15) is 0 Å². The van der Waals surface area contributed by atoms with Crippen molar-refractivity contribution in [3.63, 3.8) is 0 Å². The van der Waals surface area contributed by atoms with Crippen LogP contribution in [0, 0.1) is 5.41 Å². The van der Waals surface area contributed by atoms with E-state index in [0.29, 0.717) is 35.3 Å². The van der Waals surface area contributed by atoms with Crippen LogP contribution in [0.1, 0.15) is 11.3 Å². The molecule has 1 aliphatic heterocycles. The molecule has 1 fully saturated rings. The number of morpholine rings is 1. The molecule has 0 unspecified atom stereocenters. The molecule has 184 valence electrons. The number of hydrogen-bond donors (Lipinski definition) is 3. The predicted molar refractivity (Wildman–Crippen MR) is 138 cm³/mol. The van der Waals surface area contributed by atoms with Crippen LogP contribution in [0.15, 0.2) is 47.7 Å². The molecule has 10 nitrogen and oxygen atoms in total. The number of likely N-dealkylation sites (N-methyl/N-ethyl adjacent to an activating group) is 1. The van der Waals surface area contributed by atoms with E-state index >= 15 is 0 Å². The Bertz CT molecular complexity index is 1250. The lowest BCUT2D eigenvalue weighted by Crippen LogP contribution is -2.38. The number of allylic oxidation sites excluding steroid dienone is 1. The fraction of sp³-hybridized carbons (Fsp3) is 0.400. The van der Waals surface area contributed by atoms with Crippen LogP contribution in [0.4, 0.5) is 11.5 Å². The summed E-state index contributed by atoms with van der Waals surface area (Å²) in [6, 6.07) is 7.80. The van der Waals surface area contributed by atoms with Gasteiger partial charge in [0.15, 0.2) is 5.82 Å². The van der Waals surface area contributed by atoms with Gasteiger partial charge in [-0.05, 0) is 32.3 Å². The maximum Gasteiger partial charge on any atom is 0.175 e. The molecule has 10 heteroatoms. The molecule has 5 rings (SSSR count). The van der Waals surface area contributed by atoms with E-state index in [1.807, 2.05) is 61.3 Å². The number of ether oxygens (including phenoxy) is 2. The van der Waals surface area contributed by atoms with Crippen LogP contribution >= 0.6 is 0 Å². The Morgan fingerprint density at radius 2 is 2.11 bits per heavy atom. The summed E-state index contributed by atoms with van der Waals surface area (Å²) in [5.41, 5.74) is 4.10. The van der Waals surface area contributed by atoms with Gasteiger partial charge < -0.3 is 24.7 Å². The van der Waals surface area contributed by atoms with Gasteiger partial charge >= 0.3 is 0 Å². The molecule has 0 bridgehead atoms. The van der Waals surface area contributed by atoms with Gasteiger partial charge in [0.25, 0.3) is 0 Å². The van der Waals surface area contributed by atoms with Crippen LogP contribution in [0.5, 0.6) is 0 Å². The van der Waals surface area contributed by atoms with Gasteiger partial charge in [-0.1, -0.05) is 6.07 Å². The summed E-state index contributed by atoms with van der Waals surface area (Å²) >= 11 is 0. The van der Waals surface area contributed by atoms with Crippen molar-refractivity contribution in [1.29, 1.82) is 5.41 Å². The second-order valence-electron chi connectivity index (χ2n) is 8.91. The van der Waals surface area contributed by atoms with E-state index in [2.05, 4.69) is 20.1 Å². The first-order valence-electron chi connectivity index (χ1n) is 12.0. The van der Waals surface area contributed by atoms with Crippen molar-refractivity contribution in [2.45, 2.75) is 0 Å². The number of aromatic amines is 1. The lowest BCUT2D eigenvalue weighted by Gasteiger charge is -2.27. The molecule has 2 aliphatic rings. The third-order valence-corrected chi connectivity index (χ3v) is 6.15. The highest BCUT2D eigenvalue weighted by Crippen LogP contribution is 2.32. The predicted octanol–water partition coefficient (Wildman–Crippen LogP) is 2.48. The van der Waals surface area contributed by atoms with Crippen molar-refractivity contribution in [3.05, 3.63) is 54.0 Å². The van der Waals surface area contributed by atoms with Gasteiger partial charge in [0.2, 0.25) is 0 Å². The van der Waals surface area contributed by atoms with Gasteiger partial charge in [0.05, 0.1) is 35.8 Å². The summed E-state index contributed by atoms with van der Waals surface area (Å²) in [5, 5.41) is 16.9. The number of H-pyrrole nitrogens is 1. The normalized spacial score (nSPS) is 17.7. The molecule has 0 aromatic carbocycles. The Morgan fingerprint density at radius 3 is 2.94 bits per heavy atom. The monoisotopic (exact) mass is 476 g/mol. The smallest absolute Gasteiger partial charge is 0.175 e. The summed E-state index contributed by atoms with van der Waals surface area (Å²) in [4.78, 5) is 12.6. The number of anilines is 1. The number of pyridine rings is 1. The molecule has 3 aromatic rings. The zero-order chi connectivity index (χ0) is 24.2. The second kappa shape index (κ2) is 10.4. The largest absolute Gasteiger partial charge is 0.490 e. The molecule has 1 saturated heterocycles. The minimum atomic E-state index is 0.358. The molecule has 0 saturated carbocycles. The third kappa shape index (κ3) is 5.14. The number of fused-ring (bicyclic) bond motifs is 2. The molecule has 35 heavy (non-hydrogen) atoms. The number of rotatable bonds is 9. The summed E-state index contributed by atoms with van der Waals surface area (Å²) in [6.45, 7) is 6.36. The molecule has 0 radical (unpaired) electrons. The SMILES string of the molecule is CN(C)CCNc1nn2ccccc2c1/N=C1\C=C(OCCN2CCOCC2)c2[nH]ccc2C1=N. The van der Waals surface area contributed by atoms with Crippen LogP contribution in [0.3, 0.4) is 0 Å². The van der Waals surface area contributed by atoms with Crippen molar-refractivity contribution in [3.8, 4) is 0 Å². The Hall–Kier alpha value is -3.47. The van der Waals surface area contributed by atoms with Crippen molar-refractivity contribution in [2.75, 3.05) is 72.0 Å². The highest BCUT2D eigenvalue weighted by molar-refractivity contribution is 6.54. The molecule has 4 heterocycles. The average molecular weight is 477 g/mol. The lowest BCUT2D eigenvalue weighted by molar-refractivity contribution is 0.0305. The average Bonchev–Trinajstić information content (AvgIpc) is 3.48. The summed E-state index contributed by atoms with van der Waals surface area (Å²) in [7, 11) is 4.07. The van der Waals surface area contributed by atoms with Crippen LogP contribution in [-0.4, -0.2) is 102 Å². The Kier molecular flexibility index (Phi) is 6.94. The topological polar surface area (TPSA) is 106 Å². The Labute approximate surface area is 204 Å². The van der Waals surface area contributed by atoms with Crippen molar-refractivity contribution in [1.82, 2.24) is 24.4 Å². The Balaban J connectivity index is 1.43. The molecule has 0 atom stereocenters. The fourth-order valence-corrected chi connectivity index (χ4v) is 4.23. The van der Waals surface area contributed by atoms with Crippen LogP contribution in [0.2, 0.25) is 0 Å². The maximum absolute atomic E-state index is 8.82. The first-order chi connectivity index (χ1) is 17.1. The van der Waals surface area contributed by atoms with Gasteiger partial charge in [-0.25, -0.2) is 9.51 Å². The van der Waals surface area contributed by atoms with E-state index in [1.54, 1.807) is 0 Å². The van der Waals surface area contributed by atoms with E-state index in [4.69, 9.17) is 25.0 Å². The van der Waals surface area contributed by atoms with Crippen LogP contribution < -0.4 is 5.32 Å². The standard InChI is InChI=1S/C25H32N8O2/c1-31(2)10-8-28-25-24(20-5-3-4-9-33(20)30-25)29-19-17-21(23-18(22(19)26)6-7-27-23)35-16-13-32-11-14-34-15-12-32/h3-7,9,17,26-27H,8,10-16H2,1-2H3,(H,28,30)/b26-22?,29-19+. The van der Waals surface area contributed by atoms with E-state index < -0.39 is 0 Å². The minimum absolute atomic E-state index is 0.358. The van der Waals surface area contributed by atoms with Crippen LogP contribution in [-0.2, 0) is 9.47 Å². The van der Waals surface area contributed by atoms with E-state index in [0.717, 1.165) is 62.7 Å². The minimum Gasteiger partial charge on any atom is -0.490 e. The lowest BCUT2D eigenvalue weighted by atomic mass is 9.98. The quantitative estimate of drug-likeness (QED) is 0.438. The van der Waals surface area contributed by atoms with E-state index in [-0.39, 0.29) is 0 Å². The summed E-state index contributed by atoms with van der Waals surface area (Å²) < 4.78 is 13.5. The zero-order valence-corrected chi connectivity index (χ0v) is 20.3. The molecular weight excluding hydrogens is 444 g/mol. The number of aromatic nitrogens is 3. The maximum atomic E-state index is 8.82. The highest BCUT2D eigenvalue weighted by atomic mass is 16.5. The first kappa shape index (κ1) is 23.3. The van der Waals surface area contributed by atoms with Gasteiger partial charge in [0.1, 0.15) is 18.1 Å². The second-order valence-corrected chi connectivity index (χ2v) is 8.91. The van der Waals surface area contributed by atoms with Crippen LogP contribution in [0.25, 0.3) is 11.3 Å².